The predicted octanol–water partition coefficient (Wildman–Crippen LogP) is 4.41. The molecule has 0 heterocycles. The molecule has 0 aliphatic heterocycles. The number of carbonyl (C=O) groups excluding carboxylic acids is 2. The number of nitrogens with zero attached hydrogens (tertiary/aromatic N) is 6. The van der Waals surface area contributed by atoms with Gasteiger partial charge in [0.15, 0.2) is 11.6 Å². The average molecular weight is 994 g/mol. The van der Waals surface area contributed by atoms with E-state index in [2.05, 4.69) is 31.1 Å². The number of nitro benzene ring substituents is 2. The monoisotopic (exact) mass is 993 g/mol. The summed E-state index contributed by atoms with van der Waals surface area (Å²) in [6.45, 7) is 2.09. The van der Waals surface area contributed by atoms with Crippen molar-refractivity contribution in [2.24, 2.45) is 20.5 Å². The normalized spacial score (nSPS) is 12.4. The summed E-state index contributed by atoms with van der Waals surface area (Å²) in [5.41, 5.74) is -2.69. The molecule has 6 rings (SSSR count). The number of benzene rings is 6. The van der Waals surface area contributed by atoms with Crippen LogP contribution < -0.4 is 31.1 Å². The first-order chi connectivity index (χ1) is 31.0. The van der Waals surface area contributed by atoms with E-state index in [1.54, 1.807) is 60.7 Å². The number of fused-ring (bicyclic) bond motifs is 2. The zero-order valence-electron chi connectivity index (χ0n) is 36.8. The molecule has 0 spiro atoms. The second-order valence-corrected chi connectivity index (χ2v) is 15.9. The number of hydrogen-bond acceptors (Lipinski definition) is 22. The van der Waals surface area contributed by atoms with Crippen molar-refractivity contribution < 1.29 is 87.4 Å². The fraction of sp³-hybridized carbons (Fsp3) is 0.0500. The Hall–Kier alpha value is -8.19. The fourth-order valence-corrected chi connectivity index (χ4v) is 7.08. The van der Waals surface area contributed by atoms with Gasteiger partial charge in [-0.1, -0.05) is 47.9 Å². The first kappa shape index (κ1) is 51.4. The van der Waals surface area contributed by atoms with Crippen LogP contribution in [0.4, 0.5) is 34.1 Å². The van der Waals surface area contributed by atoms with Gasteiger partial charge in [0, 0.05) is 71.0 Å². The van der Waals surface area contributed by atoms with Gasteiger partial charge in [0.2, 0.25) is 0 Å². The summed E-state index contributed by atoms with van der Waals surface area (Å²) in [5.74, 6) is -5.49. The van der Waals surface area contributed by atoms with Crippen molar-refractivity contribution >= 4 is 87.5 Å². The molecular formula is C40H29CrN8O16S2. The molecular weight excluding hydrogens is 965 g/mol. The molecule has 0 bridgehead atoms. The van der Waals surface area contributed by atoms with E-state index in [0.717, 1.165) is 50.2 Å². The molecule has 0 aliphatic rings. The number of non-ortho nitro benzene ring substituents is 2. The molecule has 24 nitrogen and oxygen atoms in total. The first-order valence-electron chi connectivity index (χ1n) is 18.1. The van der Waals surface area contributed by atoms with Crippen LogP contribution in [0, 0.1) is 20.2 Å². The van der Waals surface area contributed by atoms with Gasteiger partial charge in [-0.3, -0.25) is 29.8 Å². The number of anilines is 2. The maximum Gasteiger partial charge on any atom is 3.00 e. The second kappa shape index (κ2) is 21.2. The minimum Gasteiger partial charge on any atom is -0.871 e. The first-order valence-corrected chi connectivity index (χ1v) is 20.9. The fourth-order valence-electron chi connectivity index (χ4n) is 5.70. The molecule has 0 saturated heterocycles. The third kappa shape index (κ3) is 12.5. The smallest absolute Gasteiger partial charge is 0.871 e. The molecule has 0 aromatic heterocycles. The van der Waals surface area contributed by atoms with Crippen molar-refractivity contribution in [3.05, 3.63) is 153 Å². The van der Waals surface area contributed by atoms with Crippen LogP contribution in [0.3, 0.4) is 0 Å². The maximum atomic E-state index is 12.5. The van der Waals surface area contributed by atoms with Crippen molar-refractivity contribution in [1.29, 1.82) is 0 Å². The molecule has 2 N–H and O–H groups in total. The number of para-hydroxylation sites is 2. The van der Waals surface area contributed by atoms with Crippen LogP contribution in [0.1, 0.15) is 18.1 Å². The van der Waals surface area contributed by atoms with Crippen molar-refractivity contribution in [2.45, 2.75) is 23.6 Å². The molecule has 6 aromatic carbocycles. The van der Waals surface area contributed by atoms with E-state index in [1.165, 1.54) is 0 Å². The summed E-state index contributed by atoms with van der Waals surface area (Å²) in [6, 6.07) is 22.8. The molecule has 343 valence electrons. The van der Waals surface area contributed by atoms with Crippen molar-refractivity contribution in [3.8, 4) is 11.5 Å². The summed E-state index contributed by atoms with van der Waals surface area (Å²) in [4.78, 5) is 42.4. The van der Waals surface area contributed by atoms with Gasteiger partial charge in [0.25, 0.3) is 11.4 Å². The number of nitro groups is 2. The summed E-state index contributed by atoms with van der Waals surface area (Å²) >= 11 is 0. The number of azo groups is 2. The average Bonchev–Trinajstić information content (AvgIpc) is 3.24. The topological polar surface area (TPSA) is 401 Å². The van der Waals surface area contributed by atoms with Crippen LogP contribution in [-0.4, -0.2) is 47.4 Å². The molecule has 1 radical (unpaired) electrons. The third-order valence-corrected chi connectivity index (χ3v) is 10.4. The van der Waals surface area contributed by atoms with E-state index < -0.39 is 120 Å². The van der Waals surface area contributed by atoms with Crippen LogP contribution in [0.2, 0.25) is 0 Å². The molecule has 27 heteroatoms. The molecule has 0 atom stereocenters. The van der Waals surface area contributed by atoms with E-state index in [0.29, 0.717) is 23.5 Å². The van der Waals surface area contributed by atoms with E-state index in [9.17, 15) is 76.2 Å². The Labute approximate surface area is 392 Å². The van der Waals surface area contributed by atoms with E-state index >= 15 is 0 Å². The zero-order chi connectivity index (χ0) is 48.7. The van der Waals surface area contributed by atoms with Crippen LogP contribution >= 0.6 is 0 Å². The predicted molar refractivity (Wildman–Crippen MR) is 224 cm³/mol. The van der Waals surface area contributed by atoms with Gasteiger partial charge < -0.3 is 40.2 Å². The van der Waals surface area contributed by atoms with Gasteiger partial charge in [-0.2, -0.15) is 10.2 Å². The van der Waals surface area contributed by atoms with Crippen LogP contribution in [0.5, 0.6) is 11.5 Å². The zero-order valence-corrected chi connectivity index (χ0v) is 36.7. The van der Waals surface area contributed by atoms with Crippen molar-refractivity contribution in [1.82, 2.24) is 0 Å². The Morgan fingerprint density at radius 1 is 0.552 bits per heavy atom. The van der Waals surface area contributed by atoms with E-state index in [1.807, 2.05) is 0 Å². The van der Waals surface area contributed by atoms with E-state index in [-0.39, 0.29) is 32.4 Å². The standard InChI is InChI=1S/2C20H16N4O8S.Cr/c2*1-11(25)18(20(27)21-12-5-3-2-4-6-12)22-23-19-14-8-7-13(24(28)29)9-15(14)17(10-16(19)26)33(30,31)32;/h2*2-10,21,26-27H,1H3,(H,30,31,32);/q;;+3/p-3/b2*20-18-,23-22?;. The number of ketones is 2. The van der Waals surface area contributed by atoms with Crippen LogP contribution in [0.15, 0.2) is 163 Å². The molecule has 6 aromatic rings. The summed E-state index contributed by atoms with van der Waals surface area (Å²) < 4.78 is 69.5. The minimum absolute atomic E-state index is 0. The van der Waals surface area contributed by atoms with Crippen molar-refractivity contribution in [2.75, 3.05) is 10.6 Å². The maximum absolute atomic E-state index is 12.5. The van der Waals surface area contributed by atoms with Crippen LogP contribution in [0.25, 0.3) is 21.5 Å². The molecule has 0 unspecified atom stereocenters. The van der Waals surface area contributed by atoms with Crippen molar-refractivity contribution in [3.63, 3.8) is 0 Å². The third-order valence-electron chi connectivity index (χ3n) is 8.66. The Morgan fingerprint density at radius 3 is 1.16 bits per heavy atom. The van der Waals surface area contributed by atoms with Gasteiger partial charge in [-0.05, 0) is 60.3 Å². The van der Waals surface area contributed by atoms with Gasteiger partial charge in [-0.25, -0.2) is 16.8 Å². The second-order valence-electron chi connectivity index (χ2n) is 13.2. The quantitative estimate of drug-likeness (QED) is 0.0381. The van der Waals surface area contributed by atoms with Crippen LogP contribution in [-0.2, 0) is 47.2 Å². The Morgan fingerprint density at radius 2 is 0.881 bits per heavy atom. The summed E-state index contributed by atoms with van der Waals surface area (Å²) in [7, 11) is -10.3. The number of nitrogens with one attached hydrogen (secondary N) is 2. The number of rotatable bonds is 14. The molecule has 0 aliphatic carbocycles. The van der Waals surface area contributed by atoms with Gasteiger partial charge in [-0.15, -0.1) is 10.2 Å². The largest absolute Gasteiger partial charge is 3.00 e. The summed E-state index contributed by atoms with van der Waals surface area (Å²) in [5, 5.41) is 89.9. The number of carbonyl (C=O) groups is 2. The van der Waals surface area contributed by atoms with E-state index in [4.69, 9.17) is 0 Å². The number of allylic oxidation sites excluding steroid dienone is 2. The Bertz CT molecular complexity index is 3110. The summed E-state index contributed by atoms with van der Waals surface area (Å²) in [6.07, 6.45) is 0. The molecule has 0 fully saturated rings. The minimum atomic E-state index is -5.17. The number of Topliss-reactive ketones (excluding diaryl/α,β-unsaturated/α-hetero) is 2. The van der Waals surface area contributed by atoms with Gasteiger partial charge >= 0.3 is 21.6 Å². The SMILES string of the molecule is CC(=O)/C(N=Nc1c([O-])cc(S(=O)(=O)[O-])c2cc([N+](=O)[O-])ccc12)=C(/[O-])Nc1ccccc1.CC(=O)/C(N=Nc1c([O-])cc(S(=O)(=O)[O-])c2cc([N+](=O)[O-])ccc12)=C(/[O-])Nc1ccccc1.[Cr+3].[H+].[H+].[H+]. The Balaban J connectivity index is 0.000000662. The van der Waals surface area contributed by atoms with Gasteiger partial charge in [0.05, 0.1) is 31.0 Å². The Kier molecular flexibility index (Phi) is 16.3. The molecule has 0 saturated carbocycles. The molecule has 0 amide bonds. The van der Waals surface area contributed by atoms with Gasteiger partial charge in [0.1, 0.15) is 31.6 Å². The number of hydrogen-bond donors (Lipinski definition) is 2. The molecule has 67 heavy (non-hydrogen) atoms.